The van der Waals surface area contributed by atoms with Crippen molar-refractivity contribution in [1.29, 1.82) is 0 Å². The molecule has 1 aromatic rings. The van der Waals surface area contributed by atoms with Crippen molar-refractivity contribution in [3.8, 4) is 5.75 Å². The van der Waals surface area contributed by atoms with Crippen LogP contribution in [0.4, 0.5) is 13.2 Å². The summed E-state index contributed by atoms with van der Waals surface area (Å²) in [6, 6.07) is 1.93. The minimum Gasteiger partial charge on any atom is -0.458 e. The highest BCUT2D eigenvalue weighted by Gasteiger charge is 2.37. The van der Waals surface area contributed by atoms with E-state index in [9.17, 15) is 36.0 Å². The molecule has 0 bridgehead atoms. The molecule has 1 unspecified atom stereocenters. The zero-order valence-corrected chi connectivity index (χ0v) is 21.2. The van der Waals surface area contributed by atoms with Gasteiger partial charge in [-0.1, -0.05) is 31.7 Å². The van der Waals surface area contributed by atoms with Crippen LogP contribution in [0.25, 0.3) is 0 Å². The molecule has 1 N–H and O–H groups in total. The number of alkyl halides is 3. The zero-order chi connectivity index (χ0) is 27.1. The van der Waals surface area contributed by atoms with Crippen LogP contribution in [0, 0.1) is 5.92 Å². The second kappa shape index (κ2) is 12.0. The fraction of sp³-hybridized carbons (Fsp3) is 0.609. The maximum absolute atomic E-state index is 13.2. The van der Waals surface area contributed by atoms with Crippen molar-refractivity contribution in [3.63, 3.8) is 0 Å². The molecular formula is C23H31F3N2O7S. The number of ether oxygens (including phenoxy) is 2. The molecule has 2 rings (SSSR count). The number of esters is 1. The number of benzene rings is 1. The Morgan fingerprint density at radius 2 is 1.83 bits per heavy atom. The number of carbonyl (C=O) groups excluding carboxylic acids is 3. The number of hydrogen-bond acceptors (Lipinski definition) is 7. The van der Waals surface area contributed by atoms with Gasteiger partial charge in [-0.2, -0.15) is 0 Å². The Kier molecular flexibility index (Phi) is 9.89. The summed E-state index contributed by atoms with van der Waals surface area (Å²) >= 11 is 0. The van der Waals surface area contributed by atoms with Gasteiger partial charge in [0.15, 0.2) is 6.04 Å². The first kappa shape index (κ1) is 29.6. The Hall–Kier alpha value is -2.67. The van der Waals surface area contributed by atoms with Gasteiger partial charge in [-0.25, -0.2) is 18.2 Å². The number of sulfonamides is 1. The molecule has 1 fully saturated rings. The van der Waals surface area contributed by atoms with Crippen molar-refractivity contribution in [3.05, 3.63) is 24.3 Å². The maximum Gasteiger partial charge on any atom is 0.573 e. The zero-order valence-electron chi connectivity index (χ0n) is 20.3. The second-order valence-electron chi connectivity index (χ2n) is 9.52. The number of nitrogens with one attached hydrogen (secondary N) is 1. The van der Waals surface area contributed by atoms with E-state index in [0.29, 0.717) is 23.8 Å². The lowest BCUT2D eigenvalue weighted by atomic mass is 10.0. The minimum absolute atomic E-state index is 0.109. The van der Waals surface area contributed by atoms with Crippen molar-refractivity contribution < 1.29 is 45.4 Å². The van der Waals surface area contributed by atoms with E-state index in [1.54, 1.807) is 20.8 Å². The summed E-state index contributed by atoms with van der Waals surface area (Å²) in [6.07, 6.45) is -1.03. The molecule has 0 radical (unpaired) electrons. The van der Waals surface area contributed by atoms with Crippen LogP contribution in [-0.4, -0.2) is 49.6 Å². The topological polar surface area (TPSA) is 119 Å². The molecule has 202 valence electrons. The van der Waals surface area contributed by atoms with Crippen molar-refractivity contribution in [2.45, 2.75) is 88.6 Å². The van der Waals surface area contributed by atoms with Crippen molar-refractivity contribution in [1.82, 2.24) is 9.84 Å². The monoisotopic (exact) mass is 536 g/mol. The lowest BCUT2D eigenvalue weighted by Crippen LogP contribution is -2.56. The van der Waals surface area contributed by atoms with E-state index < -0.39 is 57.0 Å². The Morgan fingerprint density at radius 3 is 2.39 bits per heavy atom. The number of amides is 1. The SMILES string of the molecule is CC(C)(C)OC(=O)C(CC=O)N(NS(=O)(=O)c1cccc(OC(F)(F)F)c1)C(=O)CCC1CCCC1. The third-order valence-corrected chi connectivity index (χ3v) is 6.70. The van der Waals surface area contributed by atoms with Crippen molar-refractivity contribution in [2.24, 2.45) is 5.92 Å². The van der Waals surface area contributed by atoms with Crippen molar-refractivity contribution in [2.75, 3.05) is 0 Å². The average molecular weight is 537 g/mol. The Labute approximate surface area is 208 Å². The van der Waals surface area contributed by atoms with Gasteiger partial charge < -0.3 is 14.3 Å². The molecule has 1 saturated carbocycles. The number of rotatable bonds is 11. The van der Waals surface area contributed by atoms with Gasteiger partial charge in [-0.05, 0) is 45.2 Å². The molecule has 0 saturated heterocycles. The summed E-state index contributed by atoms with van der Waals surface area (Å²) in [5.41, 5.74) is -1.00. The number of halogens is 3. The first-order chi connectivity index (χ1) is 16.6. The van der Waals surface area contributed by atoms with Gasteiger partial charge in [0.2, 0.25) is 5.91 Å². The lowest BCUT2D eigenvalue weighted by Gasteiger charge is -2.31. The summed E-state index contributed by atoms with van der Waals surface area (Å²) in [6.45, 7) is 4.68. The van der Waals surface area contributed by atoms with Crippen LogP contribution in [0.1, 0.15) is 65.7 Å². The lowest BCUT2D eigenvalue weighted by molar-refractivity contribution is -0.274. The van der Waals surface area contributed by atoms with Crippen LogP contribution >= 0.6 is 0 Å². The molecule has 1 aliphatic carbocycles. The molecule has 1 aromatic carbocycles. The van der Waals surface area contributed by atoms with Crippen LogP contribution in [0.2, 0.25) is 0 Å². The highest BCUT2D eigenvalue weighted by molar-refractivity contribution is 7.89. The Bertz CT molecular complexity index is 1030. The van der Waals surface area contributed by atoms with E-state index >= 15 is 0 Å². The highest BCUT2D eigenvalue weighted by Crippen LogP contribution is 2.29. The normalized spacial score (nSPS) is 15.8. The van der Waals surface area contributed by atoms with Crippen LogP contribution in [0.3, 0.4) is 0 Å². The van der Waals surface area contributed by atoms with Gasteiger partial charge in [0, 0.05) is 18.9 Å². The van der Waals surface area contributed by atoms with E-state index in [2.05, 4.69) is 4.74 Å². The van der Waals surface area contributed by atoms with E-state index in [-0.39, 0.29) is 12.3 Å². The fourth-order valence-electron chi connectivity index (χ4n) is 3.82. The third kappa shape index (κ3) is 9.41. The predicted octanol–water partition coefficient (Wildman–Crippen LogP) is 3.88. The molecule has 0 heterocycles. The molecule has 1 amide bonds. The molecule has 0 spiro atoms. The van der Waals surface area contributed by atoms with E-state index in [1.807, 2.05) is 4.83 Å². The summed E-state index contributed by atoms with van der Waals surface area (Å²) in [4.78, 5) is 38.7. The first-order valence-corrected chi connectivity index (χ1v) is 13.0. The molecule has 0 aromatic heterocycles. The number of nitrogens with zero attached hydrogens (tertiary/aromatic N) is 1. The molecule has 0 aliphatic heterocycles. The molecule has 13 heteroatoms. The summed E-state index contributed by atoms with van der Waals surface area (Å²) < 4.78 is 72.9. The highest BCUT2D eigenvalue weighted by atomic mass is 32.2. The second-order valence-corrected chi connectivity index (χ2v) is 11.2. The van der Waals surface area contributed by atoms with Gasteiger partial charge in [0.05, 0.1) is 4.90 Å². The van der Waals surface area contributed by atoms with Gasteiger partial charge in [0.1, 0.15) is 17.6 Å². The van der Waals surface area contributed by atoms with Crippen molar-refractivity contribution >= 4 is 28.2 Å². The van der Waals surface area contributed by atoms with Gasteiger partial charge in [-0.15, -0.1) is 18.0 Å². The molecule has 36 heavy (non-hydrogen) atoms. The largest absolute Gasteiger partial charge is 0.573 e. The molecule has 9 nitrogen and oxygen atoms in total. The fourth-order valence-corrected chi connectivity index (χ4v) is 4.95. The minimum atomic E-state index is -5.05. The number of hydrazine groups is 1. The number of carbonyl (C=O) groups is 3. The third-order valence-electron chi connectivity index (χ3n) is 5.39. The van der Waals surface area contributed by atoms with E-state index in [1.165, 1.54) is 0 Å². The van der Waals surface area contributed by atoms with E-state index in [0.717, 1.165) is 43.9 Å². The molecule has 1 aliphatic rings. The average Bonchev–Trinajstić information content (AvgIpc) is 3.26. The maximum atomic E-state index is 13.2. The van der Waals surface area contributed by atoms with Gasteiger partial charge >= 0.3 is 12.3 Å². The van der Waals surface area contributed by atoms with E-state index in [4.69, 9.17) is 4.74 Å². The Balaban J connectivity index is 2.37. The van der Waals surface area contributed by atoms with Gasteiger partial charge in [0.25, 0.3) is 10.0 Å². The Morgan fingerprint density at radius 1 is 1.19 bits per heavy atom. The number of hydrogen-bond donors (Lipinski definition) is 1. The standard InChI is InChI=1S/C23H31F3N2O7S/c1-22(2,3)35-21(31)19(13-14-29)28(20(30)12-11-16-7-4-5-8-16)27-36(32,33)18-10-6-9-17(15-18)34-23(24,25)26/h6,9-10,14-16,19,27H,4-5,7-8,11-13H2,1-3H3. The van der Waals surface area contributed by atoms with Gasteiger partial charge in [-0.3, -0.25) is 4.79 Å². The smallest absolute Gasteiger partial charge is 0.458 e. The summed E-state index contributed by atoms with van der Waals surface area (Å²) in [5.74, 6) is -2.30. The quantitative estimate of drug-likeness (QED) is 0.259. The molecule has 1 atom stereocenters. The van der Waals surface area contributed by atoms with Crippen LogP contribution in [0.5, 0.6) is 5.75 Å². The van der Waals surface area contributed by atoms with Crippen LogP contribution in [-0.2, 0) is 29.1 Å². The van der Waals surface area contributed by atoms with Crippen LogP contribution < -0.4 is 9.57 Å². The predicted molar refractivity (Wildman–Crippen MR) is 122 cm³/mol. The first-order valence-electron chi connectivity index (χ1n) is 11.5. The van der Waals surface area contributed by atoms with Crippen LogP contribution in [0.15, 0.2) is 29.2 Å². The summed E-state index contributed by atoms with van der Waals surface area (Å²) in [7, 11) is -4.68. The number of aldehydes is 1. The molecular weight excluding hydrogens is 505 g/mol. The summed E-state index contributed by atoms with van der Waals surface area (Å²) in [5, 5.41) is 0.532.